The summed E-state index contributed by atoms with van der Waals surface area (Å²) in [5, 5.41) is 2.63. The summed E-state index contributed by atoms with van der Waals surface area (Å²) in [6.07, 6.45) is 0. The van der Waals surface area contributed by atoms with Crippen molar-refractivity contribution >= 4 is 54.3 Å². The molecule has 1 aromatic heterocycles. The molecular formula is C48H30O. The lowest BCUT2D eigenvalue weighted by Crippen LogP contribution is -1.91. The van der Waals surface area contributed by atoms with Gasteiger partial charge in [0.05, 0.1) is 19.2 Å². The Morgan fingerprint density at radius 2 is 0.878 bits per heavy atom. The van der Waals surface area contributed by atoms with Crippen LogP contribution in [0.1, 0.15) is 19.2 Å². The van der Waals surface area contributed by atoms with E-state index in [2.05, 4.69) is 0 Å². The zero-order chi connectivity index (χ0) is 44.5. The van der Waals surface area contributed by atoms with Crippen LogP contribution in [0.15, 0.2) is 186 Å². The van der Waals surface area contributed by atoms with E-state index in [1.807, 2.05) is 84.9 Å². The Balaban J connectivity index is 1.16. The minimum Gasteiger partial charge on any atom is -0.455 e. The molecule has 0 saturated heterocycles. The van der Waals surface area contributed by atoms with E-state index in [1.165, 1.54) is 0 Å². The third-order valence-corrected chi connectivity index (χ3v) is 9.05. The maximum absolute atomic E-state index is 9.74. The van der Waals surface area contributed by atoms with Gasteiger partial charge in [0.25, 0.3) is 0 Å². The zero-order valence-corrected chi connectivity index (χ0v) is 25.6. The number of benzene rings is 9. The van der Waals surface area contributed by atoms with Crippen molar-refractivity contribution < 1.29 is 23.6 Å². The van der Waals surface area contributed by atoms with Crippen molar-refractivity contribution in [3.05, 3.63) is 182 Å². The Morgan fingerprint density at radius 3 is 1.51 bits per heavy atom. The highest BCUT2D eigenvalue weighted by atomic mass is 16.3. The average Bonchev–Trinajstić information content (AvgIpc) is 3.71. The monoisotopic (exact) mass is 636 g/mol. The molecule has 0 radical (unpaired) electrons. The molecule has 0 aliphatic rings. The first kappa shape index (κ1) is 17.1. The molecule has 0 aliphatic heterocycles. The van der Waals surface area contributed by atoms with Crippen molar-refractivity contribution in [2.24, 2.45) is 0 Å². The maximum Gasteiger partial charge on any atom is 0.143 e. The van der Waals surface area contributed by atoms with E-state index in [-0.39, 0.29) is 74.0 Å². The quantitative estimate of drug-likeness (QED) is 0.175. The highest BCUT2D eigenvalue weighted by Gasteiger charge is 2.18. The predicted molar refractivity (Wildman–Crippen MR) is 208 cm³/mol. The van der Waals surface area contributed by atoms with Crippen LogP contribution in [0.4, 0.5) is 0 Å². The Hall–Kier alpha value is -6.44. The van der Waals surface area contributed by atoms with Crippen LogP contribution < -0.4 is 0 Å². The normalized spacial score (nSPS) is 15.7. The lowest BCUT2D eigenvalue weighted by Gasteiger charge is -2.18. The number of hydrogen-bond donors (Lipinski definition) is 0. The molecule has 1 heterocycles. The van der Waals surface area contributed by atoms with Gasteiger partial charge in [0, 0.05) is 16.2 Å². The van der Waals surface area contributed by atoms with Crippen LogP contribution in [0.2, 0.25) is 0 Å². The summed E-state index contributed by atoms with van der Waals surface area (Å²) in [6.45, 7) is 0. The van der Waals surface area contributed by atoms with Gasteiger partial charge in [-0.05, 0) is 89.6 Å². The smallest absolute Gasteiger partial charge is 0.143 e. The second-order valence-electron chi connectivity index (χ2n) is 11.8. The first-order chi connectivity index (χ1) is 30.1. The van der Waals surface area contributed by atoms with Crippen LogP contribution in [0.5, 0.6) is 0 Å². The summed E-state index contributed by atoms with van der Waals surface area (Å²) in [6, 6.07) is 24.7. The highest BCUT2D eigenvalue weighted by Crippen LogP contribution is 2.45. The van der Waals surface area contributed by atoms with Gasteiger partial charge < -0.3 is 4.42 Å². The molecule has 9 aromatic carbocycles. The van der Waals surface area contributed by atoms with Crippen LogP contribution in [-0.4, -0.2) is 0 Å². The van der Waals surface area contributed by atoms with Crippen molar-refractivity contribution in [2.45, 2.75) is 0 Å². The standard InChI is InChI=1S/C48H30O/c1-2-10-31(11-3-1)32-18-20-33(21-19-32)34-22-24-36(25-23-34)46-39-14-6-8-16-41(39)47(42-17-9-7-15-40(42)46)37-27-29-45-44(30-37)43-28-26-35-12-4-5-13-38(35)48(43)49-45/h1-30H/i1D,2D,3D,4D,5D,10D,11D,12D,13D,26D,27D,28D,29D,30D. The predicted octanol–water partition coefficient (Wildman–Crippen LogP) is 13.7. The number of fused-ring (bicyclic) bond motifs is 7. The molecule has 0 atom stereocenters. The summed E-state index contributed by atoms with van der Waals surface area (Å²) in [5.74, 6) is 0. The molecule has 49 heavy (non-hydrogen) atoms. The molecule has 0 saturated carbocycles. The van der Waals surface area contributed by atoms with Crippen molar-refractivity contribution in [3.63, 3.8) is 0 Å². The SMILES string of the molecule is [2H]c1c([2H])c([2H])c(-c2ccc(-c3ccc(-c4c5ccccc5c(-c5c([2H])c([2H])c6oc7c8c([2H])c([2H])c([2H])c([2H])c8c([2H])c([2H])c7c6c5[2H])c5ccccc45)cc3)cc2)c([2H])c1[2H]. The number of hydrogen-bond acceptors (Lipinski definition) is 1. The molecule has 10 aromatic rings. The van der Waals surface area contributed by atoms with Crippen LogP contribution in [0.3, 0.4) is 0 Å². The molecular weight excluding hydrogens is 593 g/mol. The second kappa shape index (κ2) is 11.1. The first-order valence-corrected chi connectivity index (χ1v) is 15.7. The fraction of sp³-hybridized carbons (Fsp3) is 0. The minimum atomic E-state index is -0.560. The Labute approximate surface area is 304 Å². The lowest BCUT2D eigenvalue weighted by atomic mass is 9.85. The summed E-state index contributed by atoms with van der Waals surface area (Å²) < 4.78 is 127. The van der Waals surface area contributed by atoms with Gasteiger partial charge in [-0.1, -0.05) is 164 Å². The van der Waals surface area contributed by atoms with E-state index in [0.717, 1.165) is 33.0 Å². The fourth-order valence-corrected chi connectivity index (χ4v) is 6.80. The van der Waals surface area contributed by atoms with E-state index in [4.69, 9.17) is 19.5 Å². The molecule has 1 heteroatoms. The Bertz CT molecular complexity index is 3570. The van der Waals surface area contributed by atoms with Crippen molar-refractivity contribution in [1.29, 1.82) is 0 Å². The summed E-state index contributed by atoms with van der Waals surface area (Å²) >= 11 is 0. The summed E-state index contributed by atoms with van der Waals surface area (Å²) in [4.78, 5) is 0. The van der Waals surface area contributed by atoms with E-state index in [9.17, 15) is 4.11 Å². The molecule has 0 amide bonds. The van der Waals surface area contributed by atoms with E-state index in [0.29, 0.717) is 21.9 Å². The van der Waals surface area contributed by atoms with Crippen molar-refractivity contribution in [1.82, 2.24) is 0 Å². The Kier molecular flexibility index (Phi) is 3.87. The van der Waals surface area contributed by atoms with Gasteiger partial charge in [0.2, 0.25) is 0 Å². The molecule has 10 rings (SSSR count). The van der Waals surface area contributed by atoms with E-state index < -0.39 is 54.4 Å². The largest absolute Gasteiger partial charge is 0.455 e. The molecule has 1 nitrogen and oxygen atoms in total. The maximum atomic E-state index is 9.74. The highest BCUT2D eigenvalue weighted by molar-refractivity contribution is 6.22. The lowest BCUT2D eigenvalue weighted by molar-refractivity contribution is 0.672. The van der Waals surface area contributed by atoms with Gasteiger partial charge in [-0.2, -0.15) is 0 Å². The molecule has 0 aliphatic carbocycles. The third kappa shape index (κ3) is 4.47. The Morgan fingerprint density at radius 1 is 0.347 bits per heavy atom. The van der Waals surface area contributed by atoms with Gasteiger partial charge in [0.1, 0.15) is 11.2 Å². The van der Waals surface area contributed by atoms with Crippen LogP contribution in [-0.2, 0) is 0 Å². The summed E-state index contributed by atoms with van der Waals surface area (Å²) in [7, 11) is 0. The van der Waals surface area contributed by atoms with Gasteiger partial charge in [-0.25, -0.2) is 0 Å². The zero-order valence-electron chi connectivity index (χ0n) is 39.6. The van der Waals surface area contributed by atoms with Gasteiger partial charge in [-0.3, -0.25) is 0 Å². The van der Waals surface area contributed by atoms with E-state index in [1.54, 1.807) is 12.1 Å². The first-order valence-electron chi connectivity index (χ1n) is 22.7. The van der Waals surface area contributed by atoms with Crippen LogP contribution in [0, 0.1) is 0 Å². The summed E-state index contributed by atoms with van der Waals surface area (Å²) in [5.41, 5.74) is 4.41. The van der Waals surface area contributed by atoms with Crippen molar-refractivity contribution in [3.8, 4) is 44.5 Å². The molecule has 0 unspecified atom stereocenters. The number of furan rings is 1. The third-order valence-electron chi connectivity index (χ3n) is 9.05. The molecule has 0 fully saturated rings. The van der Waals surface area contributed by atoms with Crippen LogP contribution >= 0.6 is 0 Å². The van der Waals surface area contributed by atoms with Crippen molar-refractivity contribution in [2.75, 3.05) is 0 Å². The molecule has 0 spiro atoms. The van der Waals surface area contributed by atoms with E-state index >= 15 is 0 Å². The average molecular weight is 637 g/mol. The van der Waals surface area contributed by atoms with Crippen LogP contribution in [0.25, 0.3) is 98.8 Å². The molecule has 0 N–H and O–H groups in total. The number of rotatable bonds is 4. The van der Waals surface area contributed by atoms with Gasteiger partial charge in [0.15, 0.2) is 0 Å². The van der Waals surface area contributed by atoms with Gasteiger partial charge >= 0.3 is 0 Å². The molecule has 228 valence electrons. The second-order valence-corrected chi connectivity index (χ2v) is 11.8. The fourth-order valence-electron chi connectivity index (χ4n) is 6.80. The van der Waals surface area contributed by atoms with Gasteiger partial charge in [-0.15, -0.1) is 0 Å². The topological polar surface area (TPSA) is 13.1 Å². The molecule has 0 bridgehead atoms. The minimum absolute atomic E-state index is 0.00276.